The minimum absolute atomic E-state index is 0.109. The number of hydrogen-bond donors (Lipinski definition) is 0. The van der Waals surface area contributed by atoms with Crippen molar-refractivity contribution in [3.63, 3.8) is 0 Å². The van der Waals surface area contributed by atoms with Gasteiger partial charge in [0.05, 0.1) is 65.6 Å². The lowest BCUT2D eigenvalue weighted by Gasteiger charge is -2.16. The third-order valence-electron chi connectivity index (χ3n) is 14.0. The van der Waals surface area contributed by atoms with Crippen molar-refractivity contribution >= 4 is 97.1 Å². The summed E-state index contributed by atoms with van der Waals surface area (Å²) >= 11 is 0. The van der Waals surface area contributed by atoms with Crippen molar-refractivity contribution in [3.8, 4) is 28.8 Å². The Kier molecular flexibility index (Phi) is 8.30. The van der Waals surface area contributed by atoms with Crippen LogP contribution in [0.1, 0.15) is 5.56 Å². The molecule has 14 rings (SSSR count). The van der Waals surface area contributed by atoms with Gasteiger partial charge in [-0.1, -0.05) is 121 Å². The zero-order valence-electron chi connectivity index (χ0n) is 36.8. The van der Waals surface area contributed by atoms with Gasteiger partial charge < -0.3 is 18.3 Å². The molecule has 324 valence electrons. The fraction of sp³-hybridized carbons (Fsp3) is 0. The average molecular weight is 904 g/mol. The second-order valence-corrected chi connectivity index (χ2v) is 19.6. The fourth-order valence-corrected chi connectivity index (χ4v) is 12.4. The Balaban J connectivity index is 1.12. The number of rotatable bonds is 6. The minimum Gasteiger partial charge on any atom is -0.309 e. The second-order valence-electron chi connectivity index (χ2n) is 17.6. The predicted octanol–water partition coefficient (Wildman–Crippen LogP) is 14.8. The Hall–Kier alpha value is -9.16. The topological polar surface area (TPSA) is 77.7 Å². The van der Waals surface area contributed by atoms with E-state index in [1.54, 1.807) is 24.3 Å². The summed E-state index contributed by atoms with van der Waals surface area (Å²) in [5.74, 6) is 0. The maximum absolute atomic E-state index is 15.2. The van der Waals surface area contributed by atoms with Gasteiger partial charge in [0.2, 0.25) is 9.84 Å². The van der Waals surface area contributed by atoms with Crippen LogP contribution in [-0.2, 0) is 9.84 Å². The molecule has 10 aromatic carbocycles. The molecule has 4 heterocycles. The monoisotopic (exact) mass is 903 g/mol. The Labute approximate surface area is 395 Å². The van der Waals surface area contributed by atoms with E-state index >= 15 is 8.42 Å². The molecule has 7 nitrogen and oxygen atoms in total. The van der Waals surface area contributed by atoms with Gasteiger partial charge in [-0.3, -0.25) is 0 Å². The maximum Gasteiger partial charge on any atom is 0.206 e. The van der Waals surface area contributed by atoms with Crippen LogP contribution in [0.25, 0.3) is 110 Å². The fourth-order valence-electron chi connectivity index (χ4n) is 11.1. The van der Waals surface area contributed by atoms with Crippen molar-refractivity contribution in [1.82, 2.24) is 18.3 Å². The largest absolute Gasteiger partial charge is 0.309 e. The Bertz CT molecular complexity index is 4360. The van der Waals surface area contributed by atoms with Crippen molar-refractivity contribution in [1.29, 1.82) is 5.26 Å². The number of hydrogen-bond acceptors (Lipinski definition) is 3. The van der Waals surface area contributed by atoms with Gasteiger partial charge in [-0.25, -0.2) is 8.42 Å². The van der Waals surface area contributed by atoms with Gasteiger partial charge in [0.25, 0.3) is 0 Å². The van der Waals surface area contributed by atoms with Crippen LogP contribution in [0.5, 0.6) is 0 Å². The van der Waals surface area contributed by atoms with Crippen LogP contribution in [-0.4, -0.2) is 26.7 Å². The summed E-state index contributed by atoms with van der Waals surface area (Å²) in [5, 5.41) is 18.5. The van der Waals surface area contributed by atoms with Crippen LogP contribution >= 0.6 is 0 Å². The summed E-state index contributed by atoms with van der Waals surface area (Å²) in [6, 6.07) is 77.7. The predicted molar refractivity (Wildman–Crippen MR) is 280 cm³/mol. The SMILES string of the molecule is N#Cc1ccc(S(=O)(=O)c2cc(-n3c4ccccc4c4c3ccc3c5ccccc5n(-c5ccccc5)c34)cc(-n3c4ccccc4c4c3ccc3c5ccccc5n(-c5ccccc5)c34)c2)cc1. The highest BCUT2D eigenvalue weighted by molar-refractivity contribution is 7.91. The molecule has 14 aromatic rings. The Morgan fingerprint density at radius 1 is 0.319 bits per heavy atom. The third-order valence-corrected chi connectivity index (χ3v) is 15.7. The molecular formula is C61H37N5O2S. The van der Waals surface area contributed by atoms with Gasteiger partial charge >= 0.3 is 0 Å². The number of para-hydroxylation sites is 6. The van der Waals surface area contributed by atoms with Crippen molar-refractivity contribution < 1.29 is 8.42 Å². The van der Waals surface area contributed by atoms with Gasteiger partial charge in [0, 0.05) is 65.8 Å². The van der Waals surface area contributed by atoms with Crippen molar-refractivity contribution in [3.05, 3.63) is 230 Å². The van der Waals surface area contributed by atoms with Gasteiger partial charge in [-0.2, -0.15) is 5.26 Å². The lowest BCUT2D eigenvalue weighted by atomic mass is 10.1. The molecule has 69 heavy (non-hydrogen) atoms. The number of sulfone groups is 1. The van der Waals surface area contributed by atoms with Gasteiger partial charge in [-0.15, -0.1) is 0 Å². The molecule has 0 aliphatic heterocycles. The molecule has 0 aliphatic rings. The molecule has 8 heteroatoms. The molecule has 0 bridgehead atoms. The highest BCUT2D eigenvalue weighted by Crippen LogP contribution is 2.45. The molecule has 0 saturated heterocycles. The summed E-state index contributed by atoms with van der Waals surface area (Å²) in [6.45, 7) is 0. The zero-order chi connectivity index (χ0) is 46.0. The van der Waals surface area contributed by atoms with Gasteiger partial charge in [0.15, 0.2) is 0 Å². The van der Waals surface area contributed by atoms with Crippen molar-refractivity contribution in [2.45, 2.75) is 9.79 Å². The lowest BCUT2D eigenvalue weighted by Crippen LogP contribution is -2.06. The summed E-state index contributed by atoms with van der Waals surface area (Å²) in [6.07, 6.45) is 0. The molecular weight excluding hydrogens is 867 g/mol. The third kappa shape index (κ3) is 5.56. The van der Waals surface area contributed by atoms with E-state index in [9.17, 15) is 5.26 Å². The zero-order valence-corrected chi connectivity index (χ0v) is 37.6. The van der Waals surface area contributed by atoms with E-state index in [1.807, 2.05) is 24.3 Å². The summed E-state index contributed by atoms with van der Waals surface area (Å²) in [4.78, 5) is 0.243. The second kappa shape index (κ2) is 14.7. The van der Waals surface area contributed by atoms with E-state index in [2.05, 4.69) is 188 Å². The van der Waals surface area contributed by atoms with E-state index in [1.165, 1.54) is 12.1 Å². The first-order valence-corrected chi connectivity index (χ1v) is 24.4. The van der Waals surface area contributed by atoms with Crippen LogP contribution in [0.4, 0.5) is 0 Å². The lowest BCUT2D eigenvalue weighted by molar-refractivity contribution is 0.596. The molecule has 0 saturated carbocycles. The molecule has 0 unspecified atom stereocenters. The van der Waals surface area contributed by atoms with E-state index in [0.29, 0.717) is 16.9 Å². The molecule has 0 spiro atoms. The quantitative estimate of drug-likeness (QED) is 0.167. The summed E-state index contributed by atoms with van der Waals surface area (Å²) in [5.41, 5.74) is 12.0. The number of fused-ring (bicyclic) bond motifs is 14. The Morgan fingerprint density at radius 2 is 0.710 bits per heavy atom. The maximum atomic E-state index is 15.2. The van der Waals surface area contributed by atoms with Crippen molar-refractivity contribution in [2.75, 3.05) is 0 Å². The van der Waals surface area contributed by atoms with Crippen LogP contribution in [0, 0.1) is 11.3 Å². The Morgan fingerprint density at radius 3 is 1.14 bits per heavy atom. The van der Waals surface area contributed by atoms with Gasteiger partial charge in [0.1, 0.15) is 0 Å². The molecule has 0 atom stereocenters. The first kappa shape index (κ1) is 39.0. The summed E-state index contributed by atoms with van der Waals surface area (Å²) < 4.78 is 39.5. The summed E-state index contributed by atoms with van der Waals surface area (Å²) in [7, 11) is -4.14. The number of aromatic nitrogens is 4. The number of nitrogens with zero attached hydrogens (tertiary/aromatic N) is 5. The first-order valence-electron chi connectivity index (χ1n) is 22.9. The minimum atomic E-state index is -4.14. The van der Waals surface area contributed by atoms with Crippen LogP contribution in [0.3, 0.4) is 0 Å². The van der Waals surface area contributed by atoms with Crippen LogP contribution in [0.15, 0.2) is 234 Å². The number of benzene rings is 10. The molecule has 0 aliphatic carbocycles. The van der Waals surface area contributed by atoms with Crippen LogP contribution < -0.4 is 0 Å². The van der Waals surface area contributed by atoms with E-state index in [-0.39, 0.29) is 9.79 Å². The van der Waals surface area contributed by atoms with E-state index < -0.39 is 9.84 Å². The van der Waals surface area contributed by atoms with E-state index in [4.69, 9.17) is 0 Å². The first-order chi connectivity index (χ1) is 34.0. The molecule has 0 fully saturated rings. The normalized spacial score (nSPS) is 12.2. The highest BCUT2D eigenvalue weighted by Gasteiger charge is 2.26. The molecule has 0 radical (unpaired) electrons. The molecule has 0 N–H and O–H groups in total. The highest BCUT2D eigenvalue weighted by atomic mass is 32.2. The van der Waals surface area contributed by atoms with Crippen LogP contribution in [0.2, 0.25) is 0 Å². The molecule has 0 amide bonds. The van der Waals surface area contributed by atoms with Gasteiger partial charge in [-0.05, 0) is 103 Å². The van der Waals surface area contributed by atoms with E-state index in [0.717, 1.165) is 98.6 Å². The average Bonchev–Trinajstić information content (AvgIpc) is 4.14. The standard InChI is InChI=1S/C61H37N5O2S/c62-38-39-27-29-44(30-28-39)69(67,68)45-36-42(63-54-25-13-9-21-50(54)58-56(63)33-31-48-46-19-7-11-23-52(46)65(60(48)58)40-15-3-1-4-16-40)35-43(37-45)64-55-26-14-10-22-51(55)59-57(64)34-32-49-47-20-8-12-24-53(47)66(61(49)59)41-17-5-2-6-18-41/h1-37H. The van der Waals surface area contributed by atoms with Crippen molar-refractivity contribution in [2.24, 2.45) is 0 Å². The smallest absolute Gasteiger partial charge is 0.206 e. The number of nitriles is 1. The molecule has 4 aromatic heterocycles.